The fourth-order valence-corrected chi connectivity index (χ4v) is 6.05. The van der Waals surface area contributed by atoms with Crippen LogP contribution < -0.4 is 5.32 Å². The van der Waals surface area contributed by atoms with Crippen molar-refractivity contribution in [1.29, 1.82) is 5.26 Å². The maximum atomic E-state index is 13.5. The topological polar surface area (TPSA) is 109 Å². The summed E-state index contributed by atoms with van der Waals surface area (Å²) in [6.45, 7) is 5.40. The maximum absolute atomic E-state index is 13.5. The van der Waals surface area contributed by atoms with Crippen LogP contribution in [0, 0.1) is 17.2 Å². The summed E-state index contributed by atoms with van der Waals surface area (Å²) in [5, 5.41) is 20.9. The molecule has 9 heteroatoms. The van der Waals surface area contributed by atoms with Gasteiger partial charge in [-0.05, 0) is 68.0 Å². The van der Waals surface area contributed by atoms with Crippen LogP contribution in [0.4, 0.5) is 5.69 Å². The molecule has 2 aliphatic carbocycles. The van der Waals surface area contributed by atoms with Crippen LogP contribution in [-0.4, -0.2) is 56.4 Å². The minimum atomic E-state index is -0.200. The molecule has 3 heterocycles. The number of ether oxygens (including phenoxy) is 1. The Morgan fingerprint density at radius 3 is 2.82 bits per heavy atom. The number of aromatic nitrogens is 4. The Hall–Kier alpha value is -3.61. The Balaban J connectivity index is 1.22. The number of carbonyl (C=O) groups is 1. The van der Waals surface area contributed by atoms with E-state index in [0.717, 1.165) is 80.3 Å². The van der Waals surface area contributed by atoms with Gasteiger partial charge in [-0.3, -0.25) is 9.69 Å². The van der Waals surface area contributed by atoms with Crippen LogP contribution in [0.15, 0.2) is 42.7 Å². The number of rotatable bonds is 8. The van der Waals surface area contributed by atoms with E-state index in [9.17, 15) is 10.1 Å². The Morgan fingerprint density at radius 2 is 2.10 bits per heavy atom. The Kier molecular flexibility index (Phi) is 6.92. The number of morpholine rings is 1. The SMILES string of the molecule is CC1CN(Cc2cc(C(=O)Nc3cccc(C4(Cc5nncn5C)CC(C#N)C4)c3)nc(C3CC3)c2)CCO1. The van der Waals surface area contributed by atoms with Crippen molar-refractivity contribution in [2.75, 3.05) is 25.0 Å². The van der Waals surface area contributed by atoms with Gasteiger partial charge in [0.1, 0.15) is 17.8 Å². The molecule has 9 nitrogen and oxygen atoms in total. The van der Waals surface area contributed by atoms with Crippen LogP contribution in [-0.2, 0) is 30.2 Å². The molecule has 2 saturated carbocycles. The van der Waals surface area contributed by atoms with Gasteiger partial charge in [-0.2, -0.15) is 5.26 Å². The Bertz CT molecular complexity index is 1400. The van der Waals surface area contributed by atoms with Gasteiger partial charge in [0.05, 0.1) is 18.8 Å². The number of nitrogens with one attached hydrogen (secondary N) is 1. The van der Waals surface area contributed by atoms with E-state index in [1.54, 1.807) is 6.33 Å². The molecule has 0 spiro atoms. The van der Waals surface area contributed by atoms with E-state index in [1.165, 1.54) is 0 Å². The minimum absolute atomic E-state index is 0.0266. The van der Waals surface area contributed by atoms with E-state index >= 15 is 0 Å². The van der Waals surface area contributed by atoms with Crippen molar-refractivity contribution in [1.82, 2.24) is 24.6 Å². The summed E-state index contributed by atoms with van der Waals surface area (Å²) < 4.78 is 7.63. The van der Waals surface area contributed by atoms with Crippen LogP contribution in [0.25, 0.3) is 0 Å². The van der Waals surface area contributed by atoms with Crippen molar-refractivity contribution >= 4 is 11.6 Å². The van der Waals surface area contributed by atoms with Gasteiger partial charge in [0.15, 0.2) is 0 Å². The van der Waals surface area contributed by atoms with Crippen LogP contribution in [0.1, 0.15) is 71.7 Å². The van der Waals surface area contributed by atoms with Gasteiger partial charge < -0.3 is 14.6 Å². The number of nitriles is 1. The molecule has 1 aromatic carbocycles. The summed E-state index contributed by atoms with van der Waals surface area (Å²) in [6, 6.07) is 14.5. The van der Waals surface area contributed by atoms with Gasteiger partial charge in [0, 0.05) is 61.7 Å². The van der Waals surface area contributed by atoms with Gasteiger partial charge in [-0.25, -0.2) is 4.98 Å². The first-order valence-corrected chi connectivity index (χ1v) is 13.9. The molecule has 2 aromatic heterocycles. The number of anilines is 1. The van der Waals surface area contributed by atoms with Crippen molar-refractivity contribution in [3.8, 4) is 6.07 Å². The minimum Gasteiger partial charge on any atom is -0.376 e. The molecule has 0 bridgehead atoms. The quantitative estimate of drug-likeness (QED) is 0.474. The lowest BCUT2D eigenvalue weighted by Gasteiger charge is -2.45. The highest BCUT2D eigenvalue weighted by atomic mass is 16.5. The number of hydrogen-bond acceptors (Lipinski definition) is 7. The zero-order valence-corrected chi connectivity index (χ0v) is 22.6. The van der Waals surface area contributed by atoms with Gasteiger partial charge in [0.2, 0.25) is 0 Å². The summed E-state index contributed by atoms with van der Waals surface area (Å²) in [5.74, 6) is 1.18. The largest absolute Gasteiger partial charge is 0.376 e. The third-order valence-electron chi connectivity index (χ3n) is 8.36. The molecule has 39 heavy (non-hydrogen) atoms. The third-order valence-corrected chi connectivity index (χ3v) is 8.36. The maximum Gasteiger partial charge on any atom is 0.274 e. The van der Waals surface area contributed by atoms with Crippen molar-refractivity contribution < 1.29 is 9.53 Å². The third kappa shape index (κ3) is 5.58. The predicted octanol–water partition coefficient (Wildman–Crippen LogP) is 3.97. The van der Waals surface area contributed by atoms with Crippen molar-refractivity contribution in [2.45, 2.75) is 63.0 Å². The van der Waals surface area contributed by atoms with Crippen molar-refractivity contribution in [3.63, 3.8) is 0 Å². The number of aryl methyl sites for hydroxylation is 1. The highest BCUT2D eigenvalue weighted by Gasteiger charge is 2.46. The molecule has 1 unspecified atom stereocenters. The summed E-state index contributed by atoms with van der Waals surface area (Å²) >= 11 is 0. The van der Waals surface area contributed by atoms with Crippen molar-refractivity contribution in [2.24, 2.45) is 13.0 Å². The Labute approximate surface area is 229 Å². The second-order valence-corrected chi connectivity index (χ2v) is 11.6. The first-order chi connectivity index (χ1) is 18.9. The van der Waals surface area contributed by atoms with E-state index in [1.807, 2.05) is 35.9 Å². The zero-order chi connectivity index (χ0) is 27.0. The van der Waals surface area contributed by atoms with Crippen molar-refractivity contribution in [3.05, 3.63) is 71.1 Å². The second-order valence-electron chi connectivity index (χ2n) is 11.6. The Morgan fingerprint density at radius 1 is 1.26 bits per heavy atom. The first kappa shape index (κ1) is 25.7. The molecule has 0 radical (unpaired) electrons. The van der Waals surface area contributed by atoms with Crippen LogP contribution in [0.3, 0.4) is 0 Å². The average Bonchev–Trinajstić information content (AvgIpc) is 3.68. The predicted molar refractivity (Wildman–Crippen MR) is 146 cm³/mol. The lowest BCUT2D eigenvalue weighted by Crippen LogP contribution is -2.43. The molecule has 1 saturated heterocycles. The average molecular weight is 526 g/mol. The molecule has 6 rings (SSSR count). The van der Waals surface area contributed by atoms with E-state index in [-0.39, 0.29) is 23.3 Å². The van der Waals surface area contributed by atoms with E-state index in [2.05, 4.69) is 45.5 Å². The highest BCUT2D eigenvalue weighted by Crippen LogP contribution is 2.50. The number of nitrogens with zero attached hydrogens (tertiary/aromatic N) is 6. The zero-order valence-electron chi connectivity index (χ0n) is 22.6. The van der Waals surface area contributed by atoms with Gasteiger partial charge in [-0.1, -0.05) is 12.1 Å². The molecule has 202 valence electrons. The fraction of sp³-hybridized carbons (Fsp3) is 0.500. The highest BCUT2D eigenvalue weighted by molar-refractivity contribution is 6.03. The lowest BCUT2D eigenvalue weighted by molar-refractivity contribution is -0.0212. The van der Waals surface area contributed by atoms with Gasteiger partial charge in [-0.15, -0.1) is 10.2 Å². The summed E-state index contributed by atoms with van der Waals surface area (Å²) in [4.78, 5) is 20.6. The molecule has 1 atom stereocenters. The second kappa shape index (κ2) is 10.5. The number of pyridine rings is 1. The number of carbonyl (C=O) groups excluding carboxylic acids is 1. The molecule has 1 N–H and O–H groups in total. The molecule has 3 aromatic rings. The van der Waals surface area contributed by atoms with Crippen LogP contribution in [0.5, 0.6) is 0 Å². The fourth-order valence-electron chi connectivity index (χ4n) is 6.05. The summed E-state index contributed by atoms with van der Waals surface area (Å²) in [5.41, 5.74) is 4.25. The van der Waals surface area contributed by atoms with Gasteiger partial charge >= 0.3 is 0 Å². The van der Waals surface area contributed by atoms with Crippen LogP contribution >= 0.6 is 0 Å². The molecule has 3 aliphatic rings. The normalized spacial score (nSPS) is 25.1. The van der Waals surface area contributed by atoms with E-state index < -0.39 is 0 Å². The standard InChI is InChI=1S/C30H35N7O2/c1-20-17-37(8-9-39-20)18-21-10-26(23-6-7-23)34-27(11-21)29(38)33-25-5-3-4-24(12-25)30(13-22(14-30)16-31)15-28-35-32-19-36(28)2/h3-5,10-12,19-20,22-23H,6-9,13-15,17-18H2,1-2H3,(H,33,38). The molecule has 3 fully saturated rings. The number of amides is 1. The summed E-state index contributed by atoms with van der Waals surface area (Å²) in [6.07, 6.45) is 6.42. The summed E-state index contributed by atoms with van der Waals surface area (Å²) in [7, 11) is 1.94. The number of hydrogen-bond donors (Lipinski definition) is 1. The molecular formula is C30H35N7O2. The smallest absolute Gasteiger partial charge is 0.274 e. The molecule has 1 amide bonds. The number of benzene rings is 1. The van der Waals surface area contributed by atoms with E-state index in [4.69, 9.17) is 9.72 Å². The lowest BCUT2D eigenvalue weighted by atomic mass is 9.57. The van der Waals surface area contributed by atoms with Crippen LogP contribution in [0.2, 0.25) is 0 Å². The van der Waals surface area contributed by atoms with Gasteiger partial charge in [0.25, 0.3) is 5.91 Å². The molecular weight excluding hydrogens is 490 g/mol. The van der Waals surface area contributed by atoms with E-state index in [0.29, 0.717) is 18.0 Å². The monoisotopic (exact) mass is 525 g/mol. The first-order valence-electron chi connectivity index (χ1n) is 13.9. The molecule has 1 aliphatic heterocycles.